The number of aromatic nitrogens is 3. The first-order valence-corrected chi connectivity index (χ1v) is 13.6. The molecule has 0 bridgehead atoms. The van der Waals surface area contributed by atoms with Gasteiger partial charge in [0, 0.05) is 50.5 Å². The molecule has 1 amide bonds. The van der Waals surface area contributed by atoms with Gasteiger partial charge >= 0.3 is 0 Å². The Morgan fingerprint density at radius 2 is 1.74 bits per heavy atom. The Hall–Kier alpha value is -2.84. The number of amides is 1. The lowest BCUT2D eigenvalue weighted by Crippen LogP contribution is -2.45. The van der Waals surface area contributed by atoms with Gasteiger partial charge < -0.3 is 10.2 Å². The van der Waals surface area contributed by atoms with Crippen LogP contribution in [0.4, 0.5) is 11.4 Å². The van der Waals surface area contributed by atoms with E-state index in [1.807, 2.05) is 12.1 Å². The molecule has 2 N–H and O–H groups in total. The van der Waals surface area contributed by atoms with Crippen LogP contribution in [0.1, 0.15) is 37.1 Å². The lowest BCUT2D eigenvalue weighted by Gasteiger charge is -2.36. The minimum atomic E-state index is -0.0422. The van der Waals surface area contributed by atoms with E-state index in [1.54, 1.807) is 0 Å². The number of anilines is 2. The molecule has 184 valence electrons. The first kappa shape index (κ1) is 23.9. The Morgan fingerprint density at radius 3 is 2.49 bits per heavy atom. The van der Waals surface area contributed by atoms with Crippen LogP contribution in [0.15, 0.2) is 59.8 Å². The van der Waals surface area contributed by atoms with Crippen molar-refractivity contribution in [3.8, 4) is 0 Å². The Labute approximate surface area is 211 Å². The van der Waals surface area contributed by atoms with Gasteiger partial charge in [0.2, 0.25) is 11.1 Å². The highest BCUT2D eigenvalue weighted by molar-refractivity contribution is 7.99. The van der Waals surface area contributed by atoms with Gasteiger partial charge in [-0.1, -0.05) is 67.8 Å². The average Bonchev–Trinajstić information content (AvgIpc) is 3.57. The first-order valence-electron chi connectivity index (χ1n) is 12.7. The van der Waals surface area contributed by atoms with Crippen molar-refractivity contribution in [3.63, 3.8) is 0 Å². The molecular formula is C27H34N6OS. The predicted octanol–water partition coefficient (Wildman–Crippen LogP) is 4.59. The minimum absolute atomic E-state index is 0.0422. The molecule has 0 radical (unpaired) electrons. The topological polar surface area (TPSA) is 77.1 Å². The zero-order valence-electron chi connectivity index (χ0n) is 20.2. The molecule has 7 nitrogen and oxygen atoms in total. The summed E-state index contributed by atoms with van der Waals surface area (Å²) in [6, 6.07) is 18.8. The lowest BCUT2D eigenvalue weighted by molar-refractivity contribution is -0.113. The molecule has 0 atom stereocenters. The fourth-order valence-corrected chi connectivity index (χ4v) is 5.63. The standard InChI is InChI=1S/C27H34N6OS/c34-26(20-35-27-29-25(30-31-27)18-21-6-4-5-7-21)28-23-10-12-24(13-11-23)33-16-14-32(15-17-33)19-22-8-2-1-3-9-22/h1-3,8-13,21H,4-7,14-20H2,(H,28,34)(H,29,30,31). The van der Waals surface area contributed by atoms with Crippen LogP contribution in [0.5, 0.6) is 0 Å². The van der Waals surface area contributed by atoms with Gasteiger partial charge in [0.1, 0.15) is 5.82 Å². The number of thioether (sulfide) groups is 1. The normalized spacial score (nSPS) is 17.1. The van der Waals surface area contributed by atoms with Crippen LogP contribution in [0.2, 0.25) is 0 Å². The zero-order valence-corrected chi connectivity index (χ0v) is 21.0. The van der Waals surface area contributed by atoms with Gasteiger partial charge in [-0.3, -0.25) is 14.8 Å². The Bertz CT molecular complexity index is 1070. The van der Waals surface area contributed by atoms with Crippen molar-refractivity contribution in [1.29, 1.82) is 0 Å². The van der Waals surface area contributed by atoms with Gasteiger partial charge in [0.05, 0.1) is 5.75 Å². The highest BCUT2D eigenvalue weighted by atomic mass is 32.2. The molecule has 1 aliphatic carbocycles. The third-order valence-corrected chi connectivity index (χ3v) is 7.79. The van der Waals surface area contributed by atoms with Crippen LogP contribution in [-0.2, 0) is 17.8 Å². The molecule has 5 rings (SSSR count). The van der Waals surface area contributed by atoms with E-state index >= 15 is 0 Å². The highest BCUT2D eigenvalue weighted by Gasteiger charge is 2.19. The van der Waals surface area contributed by atoms with E-state index in [0.717, 1.165) is 56.6 Å². The number of rotatable bonds is 9. The molecular weight excluding hydrogens is 456 g/mol. The second kappa shape index (κ2) is 11.7. The summed E-state index contributed by atoms with van der Waals surface area (Å²) < 4.78 is 0. The molecule has 2 aliphatic rings. The summed E-state index contributed by atoms with van der Waals surface area (Å²) in [7, 11) is 0. The number of aromatic amines is 1. The number of hydrogen-bond donors (Lipinski definition) is 2. The monoisotopic (exact) mass is 490 g/mol. The van der Waals surface area contributed by atoms with Gasteiger partial charge in [-0.15, -0.1) is 5.10 Å². The number of nitrogens with zero attached hydrogens (tertiary/aromatic N) is 4. The average molecular weight is 491 g/mol. The molecule has 1 saturated heterocycles. The van der Waals surface area contributed by atoms with Crippen molar-refractivity contribution < 1.29 is 4.79 Å². The second-order valence-electron chi connectivity index (χ2n) is 9.55. The van der Waals surface area contributed by atoms with Crippen molar-refractivity contribution in [2.45, 2.75) is 43.8 Å². The molecule has 1 saturated carbocycles. The van der Waals surface area contributed by atoms with Crippen molar-refractivity contribution in [2.75, 3.05) is 42.1 Å². The molecule has 8 heteroatoms. The van der Waals surface area contributed by atoms with E-state index in [-0.39, 0.29) is 5.91 Å². The number of nitrogens with one attached hydrogen (secondary N) is 2. The van der Waals surface area contributed by atoms with E-state index in [1.165, 1.54) is 48.7 Å². The molecule has 2 fully saturated rings. The van der Waals surface area contributed by atoms with Crippen LogP contribution in [-0.4, -0.2) is 57.9 Å². The van der Waals surface area contributed by atoms with Crippen LogP contribution >= 0.6 is 11.8 Å². The van der Waals surface area contributed by atoms with Gasteiger partial charge in [-0.2, -0.15) is 0 Å². The fraction of sp³-hybridized carbons (Fsp3) is 0.444. The van der Waals surface area contributed by atoms with Crippen molar-refractivity contribution in [1.82, 2.24) is 20.1 Å². The van der Waals surface area contributed by atoms with E-state index in [4.69, 9.17) is 0 Å². The molecule has 0 spiro atoms. The quantitative estimate of drug-likeness (QED) is 0.427. The summed E-state index contributed by atoms with van der Waals surface area (Å²) in [6.45, 7) is 5.12. The molecule has 2 aromatic carbocycles. The smallest absolute Gasteiger partial charge is 0.234 e. The third-order valence-electron chi connectivity index (χ3n) is 6.94. The number of benzene rings is 2. The Morgan fingerprint density at radius 1 is 1.00 bits per heavy atom. The van der Waals surface area contributed by atoms with Crippen molar-refractivity contribution in [3.05, 3.63) is 66.0 Å². The van der Waals surface area contributed by atoms with Crippen LogP contribution in [0.25, 0.3) is 0 Å². The van der Waals surface area contributed by atoms with Gasteiger partial charge in [-0.25, -0.2) is 4.98 Å². The van der Waals surface area contributed by atoms with Crippen LogP contribution < -0.4 is 10.2 Å². The van der Waals surface area contributed by atoms with E-state index in [2.05, 4.69) is 72.8 Å². The van der Waals surface area contributed by atoms with Gasteiger partial charge in [0.25, 0.3) is 0 Å². The maximum atomic E-state index is 12.4. The number of hydrogen-bond acceptors (Lipinski definition) is 6. The maximum absolute atomic E-state index is 12.4. The molecule has 3 aromatic rings. The summed E-state index contributed by atoms with van der Waals surface area (Å²) in [5.74, 6) is 1.92. The highest BCUT2D eigenvalue weighted by Crippen LogP contribution is 2.27. The number of piperazine rings is 1. The summed E-state index contributed by atoms with van der Waals surface area (Å²) in [5, 5.41) is 10.9. The third kappa shape index (κ3) is 6.86. The first-order chi connectivity index (χ1) is 17.2. The molecule has 1 aliphatic heterocycles. The number of H-pyrrole nitrogens is 1. The van der Waals surface area contributed by atoms with E-state index in [0.29, 0.717) is 10.9 Å². The molecule has 0 unspecified atom stereocenters. The second-order valence-corrected chi connectivity index (χ2v) is 10.5. The number of carbonyl (C=O) groups is 1. The maximum Gasteiger partial charge on any atom is 0.234 e. The van der Waals surface area contributed by atoms with Gasteiger partial charge in [0.15, 0.2) is 0 Å². The minimum Gasteiger partial charge on any atom is -0.369 e. The largest absolute Gasteiger partial charge is 0.369 e. The SMILES string of the molecule is O=C(CSc1n[nH]c(CC2CCCC2)n1)Nc1ccc(N2CCN(Cc3ccccc3)CC2)cc1. The van der Waals surface area contributed by atoms with Crippen molar-refractivity contribution >= 4 is 29.0 Å². The van der Waals surface area contributed by atoms with Crippen LogP contribution in [0, 0.1) is 5.92 Å². The fourth-order valence-electron chi connectivity index (χ4n) is 5.01. The van der Waals surface area contributed by atoms with Crippen LogP contribution in [0.3, 0.4) is 0 Å². The Balaban J connectivity index is 1.04. The molecule has 2 heterocycles. The molecule has 35 heavy (non-hydrogen) atoms. The van der Waals surface area contributed by atoms with E-state index in [9.17, 15) is 4.79 Å². The van der Waals surface area contributed by atoms with Crippen molar-refractivity contribution in [2.24, 2.45) is 5.92 Å². The summed E-state index contributed by atoms with van der Waals surface area (Å²) in [6.07, 6.45) is 6.19. The molecule has 1 aromatic heterocycles. The zero-order chi connectivity index (χ0) is 23.9. The summed E-state index contributed by atoms with van der Waals surface area (Å²) in [5.41, 5.74) is 3.39. The summed E-state index contributed by atoms with van der Waals surface area (Å²) >= 11 is 1.37. The Kier molecular flexibility index (Phi) is 8.00. The van der Waals surface area contributed by atoms with Gasteiger partial charge in [-0.05, 0) is 35.7 Å². The van der Waals surface area contributed by atoms with E-state index < -0.39 is 0 Å². The number of carbonyl (C=O) groups excluding carboxylic acids is 1. The lowest BCUT2D eigenvalue weighted by atomic mass is 10.0. The summed E-state index contributed by atoms with van der Waals surface area (Å²) in [4.78, 5) is 21.9. The predicted molar refractivity (Wildman–Crippen MR) is 142 cm³/mol.